The van der Waals surface area contributed by atoms with Gasteiger partial charge in [-0.05, 0) is 24.1 Å². The molecule has 1 unspecified atom stereocenters. The van der Waals surface area contributed by atoms with Crippen molar-refractivity contribution in [3.8, 4) is 0 Å². The highest BCUT2D eigenvalue weighted by Gasteiger charge is 2.43. The Kier molecular flexibility index (Phi) is 4.42. The number of hydrogen-bond donors (Lipinski definition) is 0. The van der Waals surface area contributed by atoms with Crippen molar-refractivity contribution in [3.63, 3.8) is 0 Å². The quantitative estimate of drug-likeness (QED) is 0.777. The van der Waals surface area contributed by atoms with Gasteiger partial charge >= 0.3 is 5.97 Å². The number of rotatable bonds is 5. The van der Waals surface area contributed by atoms with Gasteiger partial charge in [-0.15, -0.1) is 0 Å². The molecule has 1 atom stereocenters. The highest BCUT2D eigenvalue weighted by atomic mass is 19.3. The Balaban J connectivity index is 1.75. The third-order valence-corrected chi connectivity index (χ3v) is 3.26. The van der Waals surface area contributed by atoms with E-state index in [4.69, 9.17) is 4.74 Å². The molecule has 1 aromatic rings. The minimum Gasteiger partial charge on any atom is -0.457 e. The van der Waals surface area contributed by atoms with Gasteiger partial charge in [0.25, 0.3) is 0 Å². The molecule has 2 rings (SSSR count). The molecule has 108 valence electrons. The summed E-state index contributed by atoms with van der Waals surface area (Å²) in [5.74, 6) is -4.55. The lowest BCUT2D eigenvalue weighted by Crippen LogP contribution is -2.22. The first-order valence-corrected chi connectivity index (χ1v) is 6.41. The summed E-state index contributed by atoms with van der Waals surface area (Å²) in [5.41, 5.74) is 0.772. The highest BCUT2D eigenvalue weighted by molar-refractivity contribution is 5.84. The maximum absolute atomic E-state index is 13.0. The zero-order valence-electron chi connectivity index (χ0n) is 10.9. The van der Waals surface area contributed by atoms with Crippen molar-refractivity contribution in [1.29, 1.82) is 0 Å². The van der Waals surface area contributed by atoms with Gasteiger partial charge in [-0.3, -0.25) is 14.6 Å². The summed E-state index contributed by atoms with van der Waals surface area (Å²) in [5, 5.41) is 0. The van der Waals surface area contributed by atoms with Crippen molar-refractivity contribution in [1.82, 2.24) is 4.98 Å². The Morgan fingerprint density at radius 3 is 2.65 bits per heavy atom. The van der Waals surface area contributed by atoms with Gasteiger partial charge in [-0.25, -0.2) is 8.78 Å². The number of aromatic nitrogens is 1. The molecule has 0 radical (unpaired) electrons. The molecule has 0 aromatic carbocycles. The maximum Gasteiger partial charge on any atom is 0.309 e. The lowest BCUT2D eigenvalue weighted by atomic mass is 10.1. The van der Waals surface area contributed by atoms with Crippen molar-refractivity contribution in [3.05, 3.63) is 30.1 Å². The van der Waals surface area contributed by atoms with Gasteiger partial charge < -0.3 is 4.74 Å². The van der Waals surface area contributed by atoms with Crippen LogP contribution in [0.1, 0.15) is 24.8 Å². The molecule has 6 heteroatoms. The van der Waals surface area contributed by atoms with Crippen LogP contribution in [0.4, 0.5) is 8.78 Å². The Bertz CT molecular complexity index is 490. The average Bonchev–Trinajstić information content (AvgIpc) is 2.78. The molecule has 0 spiro atoms. The van der Waals surface area contributed by atoms with Gasteiger partial charge in [0.15, 0.2) is 5.78 Å². The van der Waals surface area contributed by atoms with Crippen LogP contribution in [0.15, 0.2) is 24.5 Å². The van der Waals surface area contributed by atoms with Crippen LogP contribution in [0.3, 0.4) is 0 Å². The van der Waals surface area contributed by atoms with Crippen LogP contribution < -0.4 is 0 Å². The first kappa shape index (κ1) is 14.6. The molecule has 20 heavy (non-hydrogen) atoms. The van der Waals surface area contributed by atoms with Crippen LogP contribution >= 0.6 is 0 Å². The lowest BCUT2D eigenvalue weighted by Gasteiger charge is -2.10. The Morgan fingerprint density at radius 2 is 2.05 bits per heavy atom. The van der Waals surface area contributed by atoms with Gasteiger partial charge in [0.05, 0.1) is 5.92 Å². The standard InChI is InChI=1S/C14H15F2NO3/c15-14(16)4-1-11(8-14)13(19)20-9-12(18)7-10-2-5-17-6-3-10/h2-3,5-6,11H,1,4,7-9H2. The normalized spacial score (nSPS) is 20.6. The smallest absolute Gasteiger partial charge is 0.309 e. The molecule has 1 fully saturated rings. The van der Waals surface area contributed by atoms with E-state index in [2.05, 4.69) is 4.98 Å². The molecule has 0 amide bonds. The molecular formula is C14H15F2NO3. The van der Waals surface area contributed by atoms with Gasteiger partial charge in [0.2, 0.25) is 5.92 Å². The first-order valence-electron chi connectivity index (χ1n) is 6.41. The molecule has 1 aromatic heterocycles. The summed E-state index contributed by atoms with van der Waals surface area (Å²) in [4.78, 5) is 27.0. The number of esters is 1. The van der Waals surface area contributed by atoms with Crippen LogP contribution in [0, 0.1) is 5.92 Å². The van der Waals surface area contributed by atoms with Gasteiger partial charge in [0.1, 0.15) is 6.61 Å². The number of ether oxygens (including phenoxy) is 1. The van der Waals surface area contributed by atoms with Crippen LogP contribution in [-0.2, 0) is 20.7 Å². The largest absolute Gasteiger partial charge is 0.457 e. The Hall–Kier alpha value is -1.85. The molecule has 1 heterocycles. The van der Waals surface area contributed by atoms with Gasteiger partial charge in [0, 0.05) is 31.7 Å². The SMILES string of the molecule is O=C(COC(=O)C1CCC(F)(F)C1)Cc1ccncc1. The number of pyridine rings is 1. The topological polar surface area (TPSA) is 56.3 Å². The second-order valence-corrected chi connectivity index (χ2v) is 4.97. The van der Waals surface area contributed by atoms with Crippen molar-refractivity contribution >= 4 is 11.8 Å². The number of carbonyl (C=O) groups excluding carboxylic acids is 2. The number of carbonyl (C=O) groups is 2. The van der Waals surface area contributed by atoms with E-state index in [1.807, 2.05) is 0 Å². The minimum absolute atomic E-state index is 0.115. The minimum atomic E-state index is -2.79. The van der Waals surface area contributed by atoms with E-state index >= 15 is 0 Å². The third-order valence-electron chi connectivity index (χ3n) is 3.26. The molecule has 4 nitrogen and oxygen atoms in total. The predicted octanol–water partition coefficient (Wildman–Crippen LogP) is 2.17. The Morgan fingerprint density at radius 1 is 1.35 bits per heavy atom. The fourth-order valence-corrected chi connectivity index (χ4v) is 2.20. The second kappa shape index (κ2) is 6.07. The van der Waals surface area contributed by atoms with Crippen molar-refractivity contribution in [2.75, 3.05) is 6.61 Å². The summed E-state index contributed by atoms with van der Waals surface area (Å²) >= 11 is 0. The van der Waals surface area contributed by atoms with Crippen molar-refractivity contribution in [2.24, 2.45) is 5.92 Å². The zero-order chi connectivity index (χ0) is 14.6. The number of Topliss-reactive ketones (excluding diaryl/α,β-unsaturated/α-hetero) is 1. The van der Waals surface area contributed by atoms with Crippen LogP contribution in [0.2, 0.25) is 0 Å². The van der Waals surface area contributed by atoms with E-state index in [0.29, 0.717) is 0 Å². The van der Waals surface area contributed by atoms with E-state index in [0.717, 1.165) is 5.56 Å². The fraction of sp³-hybridized carbons (Fsp3) is 0.500. The maximum atomic E-state index is 13.0. The van der Waals surface area contributed by atoms with Crippen molar-refractivity contribution < 1.29 is 23.1 Å². The van der Waals surface area contributed by atoms with Gasteiger partial charge in [-0.2, -0.15) is 0 Å². The fourth-order valence-electron chi connectivity index (χ4n) is 2.20. The van der Waals surface area contributed by atoms with E-state index < -0.39 is 24.2 Å². The van der Waals surface area contributed by atoms with E-state index in [1.54, 1.807) is 24.5 Å². The predicted molar refractivity (Wildman–Crippen MR) is 66.2 cm³/mol. The zero-order valence-corrected chi connectivity index (χ0v) is 10.9. The number of halogens is 2. The Labute approximate surface area is 115 Å². The molecule has 0 aliphatic heterocycles. The number of alkyl halides is 2. The lowest BCUT2D eigenvalue weighted by molar-refractivity contribution is -0.152. The first-order chi connectivity index (χ1) is 9.46. The molecule has 0 saturated heterocycles. The van der Waals surface area contributed by atoms with E-state index in [-0.39, 0.29) is 31.7 Å². The number of ketones is 1. The summed E-state index contributed by atoms with van der Waals surface area (Å²) in [6.45, 7) is -0.372. The van der Waals surface area contributed by atoms with Crippen LogP contribution in [0.25, 0.3) is 0 Å². The second-order valence-electron chi connectivity index (χ2n) is 4.97. The molecule has 1 aliphatic carbocycles. The van der Waals surface area contributed by atoms with E-state index in [1.165, 1.54) is 0 Å². The average molecular weight is 283 g/mol. The third kappa shape index (κ3) is 4.08. The summed E-state index contributed by atoms with van der Waals surface area (Å²) < 4.78 is 30.7. The van der Waals surface area contributed by atoms with E-state index in [9.17, 15) is 18.4 Å². The molecule has 0 N–H and O–H groups in total. The summed E-state index contributed by atoms with van der Waals surface area (Å²) in [6.07, 6.45) is 2.60. The monoisotopic (exact) mass is 283 g/mol. The summed E-state index contributed by atoms with van der Waals surface area (Å²) in [6, 6.07) is 3.38. The number of nitrogens with zero attached hydrogens (tertiary/aromatic N) is 1. The molecule has 1 saturated carbocycles. The number of hydrogen-bond acceptors (Lipinski definition) is 4. The molecule has 0 bridgehead atoms. The highest BCUT2D eigenvalue weighted by Crippen LogP contribution is 2.39. The summed E-state index contributed by atoms with van der Waals surface area (Å²) in [7, 11) is 0. The van der Waals surface area contributed by atoms with Crippen molar-refractivity contribution in [2.45, 2.75) is 31.6 Å². The van der Waals surface area contributed by atoms with Crippen LogP contribution in [-0.4, -0.2) is 29.3 Å². The van der Waals surface area contributed by atoms with Gasteiger partial charge in [-0.1, -0.05) is 0 Å². The van der Waals surface area contributed by atoms with Crippen LogP contribution in [0.5, 0.6) is 0 Å². The molecular weight excluding hydrogens is 268 g/mol. The molecule has 1 aliphatic rings.